The SMILES string of the molecule is COc1cc2c(cc1CNCc1ncc(C)s1)OC(C)C2. The second-order valence-corrected chi connectivity index (χ2v) is 6.69. The Bertz CT molecular complexity index is 639. The lowest BCUT2D eigenvalue weighted by atomic mass is 10.1. The normalized spacial score (nSPS) is 16.6. The third-order valence-corrected chi connectivity index (χ3v) is 4.47. The van der Waals surface area contributed by atoms with Crippen molar-refractivity contribution >= 4 is 11.3 Å². The monoisotopic (exact) mass is 304 g/mol. The summed E-state index contributed by atoms with van der Waals surface area (Å²) in [5.74, 6) is 1.92. The average Bonchev–Trinajstić information content (AvgIpc) is 3.02. The first-order valence-electron chi connectivity index (χ1n) is 7.14. The van der Waals surface area contributed by atoms with Crippen LogP contribution in [-0.2, 0) is 19.5 Å². The molecule has 21 heavy (non-hydrogen) atoms. The van der Waals surface area contributed by atoms with Crippen LogP contribution >= 0.6 is 11.3 Å². The van der Waals surface area contributed by atoms with Gasteiger partial charge in [0.15, 0.2) is 0 Å². The van der Waals surface area contributed by atoms with Gasteiger partial charge in [-0.15, -0.1) is 11.3 Å². The highest BCUT2D eigenvalue weighted by Crippen LogP contribution is 2.34. The standard InChI is InChI=1S/C16H20N2O2S/c1-10-4-12-5-14(19-3)13(6-15(12)20-10)8-17-9-16-18-7-11(2)21-16/h5-7,10,17H,4,8-9H2,1-3H3. The van der Waals surface area contributed by atoms with Gasteiger partial charge in [-0.1, -0.05) is 0 Å². The molecule has 3 rings (SSSR count). The van der Waals surface area contributed by atoms with E-state index in [2.05, 4.69) is 36.3 Å². The Kier molecular flexibility index (Phi) is 4.12. The first kappa shape index (κ1) is 14.4. The van der Waals surface area contributed by atoms with Gasteiger partial charge in [-0.2, -0.15) is 0 Å². The quantitative estimate of drug-likeness (QED) is 0.922. The highest BCUT2D eigenvalue weighted by Gasteiger charge is 2.21. The van der Waals surface area contributed by atoms with Crippen LogP contribution in [-0.4, -0.2) is 18.2 Å². The molecule has 0 spiro atoms. The van der Waals surface area contributed by atoms with Gasteiger partial charge in [0.25, 0.3) is 0 Å². The minimum absolute atomic E-state index is 0.256. The molecule has 1 aliphatic rings. The predicted molar refractivity (Wildman–Crippen MR) is 84.2 cm³/mol. The predicted octanol–water partition coefficient (Wildman–Crippen LogP) is 3.07. The molecule has 1 atom stereocenters. The molecule has 2 aromatic rings. The number of hydrogen-bond acceptors (Lipinski definition) is 5. The molecule has 1 aromatic heterocycles. The molecule has 0 saturated carbocycles. The zero-order chi connectivity index (χ0) is 14.8. The molecule has 2 heterocycles. The van der Waals surface area contributed by atoms with Crippen molar-refractivity contribution in [3.63, 3.8) is 0 Å². The minimum Gasteiger partial charge on any atom is -0.496 e. The molecule has 0 radical (unpaired) electrons. The lowest BCUT2D eigenvalue weighted by molar-refractivity contribution is 0.254. The number of methoxy groups -OCH3 is 1. The van der Waals surface area contributed by atoms with E-state index in [1.165, 1.54) is 10.4 Å². The Morgan fingerprint density at radius 2 is 2.29 bits per heavy atom. The van der Waals surface area contributed by atoms with Crippen molar-refractivity contribution in [1.29, 1.82) is 0 Å². The van der Waals surface area contributed by atoms with Gasteiger partial charge in [-0.25, -0.2) is 4.98 Å². The van der Waals surface area contributed by atoms with Gasteiger partial charge in [0.05, 0.1) is 7.11 Å². The molecule has 0 bridgehead atoms. The van der Waals surface area contributed by atoms with E-state index >= 15 is 0 Å². The first-order valence-corrected chi connectivity index (χ1v) is 7.96. The molecule has 1 unspecified atom stereocenters. The molecular weight excluding hydrogens is 284 g/mol. The Morgan fingerprint density at radius 1 is 1.43 bits per heavy atom. The van der Waals surface area contributed by atoms with Crippen LogP contribution in [0, 0.1) is 6.92 Å². The van der Waals surface area contributed by atoms with E-state index in [1.54, 1.807) is 18.4 Å². The number of thiazole rings is 1. The zero-order valence-corrected chi connectivity index (χ0v) is 13.4. The molecule has 5 heteroatoms. The average molecular weight is 304 g/mol. The molecule has 112 valence electrons. The molecular formula is C16H20N2O2S. The Morgan fingerprint density at radius 3 is 3.00 bits per heavy atom. The van der Waals surface area contributed by atoms with Gasteiger partial charge < -0.3 is 14.8 Å². The summed E-state index contributed by atoms with van der Waals surface area (Å²) in [4.78, 5) is 5.60. The number of aromatic nitrogens is 1. The second kappa shape index (κ2) is 6.03. The van der Waals surface area contributed by atoms with E-state index in [1.807, 2.05) is 6.20 Å². The number of fused-ring (bicyclic) bond motifs is 1. The van der Waals surface area contributed by atoms with Crippen molar-refractivity contribution in [3.8, 4) is 11.5 Å². The number of nitrogens with zero attached hydrogens (tertiary/aromatic N) is 1. The van der Waals surface area contributed by atoms with E-state index in [9.17, 15) is 0 Å². The van der Waals surface area contributed by atoms with Crippen molar-refractivity contribution in [3.05, 3.63) is 39.3 Å². The fourth-order valence-corrected chi connectivity index (χ4v) is 3.35. The summed E-state index contributed by atoms with van der Waals surface area (Å²) in [7, 11) is 1.72. The van der Waals surface area contributed by atoms with Crippen LogP contribution in [0.1, 0.15) is 27.9 Å². The fourth-order valence-electron chi connectivity index (χ4n) is 2.60. The van der Waals surface area contributed by atoms with E-state index in [-0.39, 0.29) is 6.10 Å². The summed E-state index contributed by atoms with van der Waals surface area (Å²) in [6, 6.07) is 4.20. The third-order valence-electron chi connectivity index (χ3n) is 3.56. The molecule has 1 N–H and O–H groups in total. The van der Waals surface area contributed by atoms with E-state index < -0.39 is 0 Å². The van der Waals surface area contributed by atoms with E-state index in [0.717, 1.165) is 41.6 Å². The van der Waals surface area contributed by atoms with Crippen LogP contribution in [0.3, 0.4) is 0 Å². The topological polar surface area (TPSA) is 43.4 Å². The summed E-state index contributed by atoms with van der Waals surface area (Å²) >= 11 is 1.72. The summed E-state index contributed by atoms with van der Waals surface area (Å²) in [5.41, 5.74) is 2.36. The lowest BCUT2D eigenvalue weighted by Gasteiger charge is -2.11. The number of benzene rings is 1. The van der Waals surface area contributed by atoms with Gasteiger partial charge in [0.1, 0.15) is 22.6 Å². The smallest absolute Gasteiger partial charge is 0.123 e. The van der Waals surface area contributed by atoms with Gasteiger partial charge in [-0.3, -0.25) is 0 Å². The summed E-state index contributed by atoms with van der Waals surface area (Å²) in [6.07, 6.45) is 3.12. The summed E-state index contributed by atoms with van der Waals surface area (Å²) in [5, 5.41) is 4.53. The van der Waals surface area contributed by atoms with Gasteiger partial charge >= 0.3 is 0 Å². The van der Waals surface area contributed by atoms with Crippen molar-refractivity contribution in [2.24, 2.45) is 0 Å². The van der Waals surface area contributed by atoms with Crippen LogP contribution in [0.25, 0.3) is 0 Å². The van der Waals surface area contributed by atoms with Crippen LogP contribution in [0.15, 0.2) is 18.3 Å². The zero-order valence-electron chi connectivity index (χ0n) is 12.6. The fraction of sp³-hybridized carbons (Fsp3) is 0.438. The molecule has 0 amide bonds. The summed E-state index contributed by atoms with van der Waals surface area (Å²) < 4.78 is 11.3. The van der Waals surface area contributed by atoms with Crippen molar-refractivity contribution in [1.82, 2.24) is 10.3 Å². The minimum atomic E-state index is 0.256. The lowest BCUT2D eigenvalue weighted by Crippen LogP contribution is -2.13. The highest BCUT2D eigenvalue weighted by molar-refractivity contribution is 7.11. The maximum absolute atomic E-state index is 5.82. The van der Waals surface area contributed by atoms with Crippen LogP contribution in [0.5, 0.6) is 11.5 Å². The largest absolute Gasteiger partial charge is 0.496 e. The highest BCUT2D eigenvalue weighted by atomic mass is 32.1. The first-order chi connectivity index (χ1) is 10.2. The van der Waals surface area contributed by atoms with Crippen molar-refractivity contribution < 1.29 is 9.47 Å². The maximum Gasteiger partial charge on any atom is 0.123 e. The maximum atomic E-state index is 5.82. The summed E-state index contributed by atoms with van der Waals surface area (Å²) in [6.45, 7) is 5.68. The molecule has 0 aliphatic carbocycles. The Labute approximate surface area is 129 Å². The van der Waals surface area contributed by atoms with Crippen LogP contribution in [0.4, 0.5) is 0 Å². The van der Waals surface area contributed by atoms with Gasteiger partial charge in [0.2, 0.25) is 0 Å². The van der Waals surface area contributed by atoms with Crippen molar-refractivity contribution in [2.75, 3.05) is 7.11 Å². The van der Waals surface area contributed by atoms with Gasteiger partial charge in [-0.05, 0) is 26.0 Å². The molecule has 0 fully saturated rings. The van der Waals surface area contributed by atoms with Gasteiger partial charge in [0, 0.05) is 41.7 Å². The Balaban J connectivity index is 1.68. The molecule has 4 nitrogen and oxygen atoms in total. The third kappa shape index (κ3) is 3.19. The second-order valence-electron chi connectivity index (χ2n) is 5.37. The molecule has 1 aromatic carbocycles. The van der Waals surface area contributed by atoms with Crippen molar-refractivity contribution in [2.45, 2.75) is 39.5 Å². The number of nitrogens with one attached hydrogen (secondary N) is 1. The number of hydrogen-bond donors (Lipinski definition) is 1. The van der Waals surface area contributed by atoms with Crippen LogP contribution < -0.4 is 14.8 Å². The molecule has 1 aliphatic heterocycles. The van der Waals surface area contributed by atoms with Crippen LogP contribution in [0.2, 0.25) is 0 Å². The van der Waals surface area contributed by atoms with E-state index in [4.69, 9.17) is 9.47 Å². The number of aryl methyl sites for hydroxylation is 1. The van der Waals surface area contributed by atoms with E-state index in [0.29, 0.717) is 0 Å². The Hall–Kier alpha value is -1.59. The molecule has 0 saturated heterocycles. The number of rotatable bonds is 5. The number of ether oxygens (including phenoxy) is 2.